The largest absolute Gasteiger partial charge is 0.497 e. The standard InChI is InChI=1S/C18H22N4O4S/c1-22-17(18(23)20-12-13-4-3-9-19-11-13)10-16(21-27(22,24)25)14-5-7-15(26-2)8-6-14/h3-9,11,16-17,21H,10,12H2,1-2H3,(H,20,23)/t16-,17-/m0/s1. The maximum absolute atomic E-state index is 12.7. The van der Waals surface area contributed by atoms with Gasteiger partial charge in [-0.05, 0) is 35.7 Å². The highest BCUT2D eigenvalue weighted by atomic mass is 32.2. The average molecular weight is 390 g/mol. The van der Waals surface area contributed by atoms with Gasteiger partial charge >= 0.3 is 0 Å². The van der Waals surface area contributed by atoms with E-state index in [0.29, 0.717) is 12.2 Å². The van der Waals surface area contributed by atoms with Crippen LogP contribution in [-0.2, 0) is 21.5 Å². The maximum atomic E-state index is 12.7. The Morgan fingerprint density at radius 3 is 2.70 bits per heavy atom. The van der Waals surface area contributed by atoms with E-state index < -0.39 is 22.3 Å². The van der Waals surface area contributed by atoms with Crippen molar-refractivity contribution in [3.05, 3.63) is 59.9 Å². The Morgan fingerprint density at radius 2 is 2.07 bits per heavy atom. The predicted octanol–water partition coefficient (Wildman–Crippen LogP) is 0.986. The number of nitrogens with zero attached hydrogens (tertiary/aromatic N) is 2. The van der Waals surface area contributed by atoms with Crippen molar-refractivity contribution in [3.63, 3.8) is 0 Å². The molecular weight excluding hydrogens is 368 g/mol. The Balaban J connectivity index is 1.75. The minimum absolute atomic E-state index is 0.289. The van der Waals surface area contributed by atoms with Crippen LogP contribution in [0.2, 0.25) is 0 Å². The van der Waals surface area contributed by atoms with Crippen molar-refractivity contribution >= 4 is 16.1 Å². The SMILES string of the molecule is COc1ccc([C@@H]2C[C@@H](C(=O)NCc3cccnc3)N(C)S(=O)(=O)N2)cc1. The van der Waals surface area contributed by atoms with Gasteiger partial charge < -0.3 is 10.1 Å². The maximum Gasteiger partial charge on any atom is 0.280 e. The molecule has 1 aromatic carbocycles. The summed E-state index contributed by atoms with van der Waals surface area (Å²) in [4.78, 5) is 16.7. The zero-order valence-electron chi connectivity index (χ0n) is 15.1. The molecule has 1 aliphatic heterocycles. The molecule has 0 spiro atoms. The van der Waals surface area contributed by atoms with Crippen LogP contribution >= 0.6 is 0 Å². The summed E-state index contributed by atoms with van der Waals surface area (Å²) in [5, 5.41) is 2.79. The van der Waals surface area contributed by atoms with Gasteiger partial charge in [0.1, 0.15) is 11.8 Å². The molecule has 2 heterocycles. The number of rotatable bonds is 5. The fraction of sp³-hybridized carbons (Fsp3) is 0.333. The van der Waals surface area contributed by atoms with E-state index in [-0.39, 0.29) is 12.5 Å². The zero-order valence-corrected chi connectivity index (χ0v) is 15.9. The van der Waals surface area contributed by atoms with E-state index in [1.54, 1.807) is 49.8 Å². The van der Waals surface area contributed by atoms with E-state index in [2.05, 4.69) is 15.0 Å². The van der Waals surface area contributed by atoms with Crippen LogP contribution in [0.25, 0.3) is 0 Å². The summed E-state index contributed by atoms with van der Waals surface area (Å²) in [5.74, 6) is 0.338. The molecule has 0 aliphatic carbocycles. The van der Waals surface area contributed by atoms with E-state index in [1.165, 1.54) is 7.05 Å². The van der Waals surface area contributed by atoms with E-state index in [1.807, 2.05) is 6.07 Å². The van der Waals surface area contributed by atoms with Crippen molar-refractivity contribution in [1.29, 1.82) is 0 Å². The lowest BCUT2D eigenvalue weighted by Gasteiger charge is -2.36. The molecule has 2 atom stereocenters. The van der Waals surface area contributed by atoms with Gasteiger partial charge in [-0.25, -0.2) is 0 Å². The third-order valence-corrected chi connectivity index (χ3v) is 6.17. The number of amides is 1. The number of likely N-dealkylation sites (N-methyl/N-ethyl adjacent to an activating group) is 1. The number of ether oxygens (including phenoxy) is 1. The first-order valence-corrected chi connectivity index (χ1v) is 9.90. The third-order valence-electron chi connectivity index (χ3n) is 4.58. The Morgan fingerprint density at radius 1 is 1.33 bits per heavy atom. The monoisotopic (exact) mass is 390 g/mol. The topological polar surface area (TPSA) is 101 Å². The minimum atomic E-state index is -3.77. The molecule has 1 aromatic heterocycles. The fourth-order valence-electron chi connectivity index (χ4n) is 2.97. The number of hydrogen-bond donors (Lipinski definition) is 2. The van der Waals surface area contributed by atoms with E-state index in [0.717, 1.165) is 15.4 Å². The van der Waals surface area contributed by atoms with Gasteiger partial charge in [0.2, 0.25) is 5.91 Å². The van der Waals surface area contributed by atoms with Crippen LogP contribution in [0.3, 0.4) is 0 Å². The zero-order chi connectivity index (χ0) is 19.4. The summed E-state index contributed by atoms with van der Waals surface area (Å²) >= 11 is 0. The number of pyridine rings is 1. The highest BCUT2D eigenvalue weighted by molar-refractivity contribution is 7.87. The molecule has 144 valence electrons. The quantitative estimate of drug-likeness (QED) is 0.793. The van der Waals surface area contributed by atoms with Gasteiger partial charge in [-0.3, -0.25) is 9.78 Å². The van der Waals surface area contributed by atoms with Crippen LogP contribution in [0.5, 0.6) is 5.75 Å². The molecule has 9 heteroatoms. The van der Waals surface area contributed by atoms with Crippen molar-refractivity contribution in [2.75, 3.05) is 14.2 Å². The number of carbonyl (C=O) groups excluding carboxylic acids is 1. The average Bonchev–Trinajstić information content (AvgIpc) is 2.69. The minimum Gasteiger partial charge on any atom is -0.497 e. The van der Waals surface area contributed by atoms with Crippen molar-refractivity contribution in [3.8, 4) is 5.75 Å². The molecule has 3 rings (SSSR count). The number of carbonyl (C=O) groups is 1. The van der Waals surface area contributed by atoms with Gasteiger partial charge in [-0.15, -0.1) is 0 Å². The smallest absolute Gasteiger partial charge is 0.280 e. The van der Waals surface area contributed by atoms with Crippen LogP contribution in [0.1, 0.15) is 23.6 Å². The summed E-state index contributed by atoms with van der Waals surface area (Å²) in [7, 11) is -0.804. The predicted molar refractivity (Wildman–Crippen MR) is 100 cm³/mol. The van der Waals surface area contributed by atoms with Crippen molar-refractivity contribution < 1.29 is 17.9 Å². The van der Waals surface area contributed by atoms with Gasteiger partial charge in [0.15, 0.2) is 0 Å². The van der Waals surface area contributed by atoms with Crippen LogP contribution in [0.15, 0.2) is 48.8 Å². The molecule has 0 unspecified atom stereocenters. The molecule has 0 bridgehead atoms. The molecular formula is C18H22N4O4S. The highest BCUT2D eigenvalue weighted by Gasteiger charge is 2.40. The Kier molecular flexibility index (Phi) is 5.73. The van der Waals surface area contributed by atoms with E-state index in [9.17, 15) is 13.2 Å². The molecule has 27 heavy (non-hydrogen) atoms. The van der Waals surface area contributed by atoms with Crippen molar-refractivity contribution in [2.24, 2.45) is 0 Å². The number of hydrogen-bond acceptors (Lipinski definition) is 5. The number of methoxy groups -OCH3 is 1. The normalized spacial score (nSPS) is 22.1. The van der Waals surface area contributed by atoms with Crippen molar-refractivity contribution in [1.82, 2.24) is 19.3 Å². The summed E-state index contributed by atoms with van der Waals surface area (Å²) in [6.45, 7) is 0.289. The summed E-state index contributed by atoms with van der Waals surface area (Å²) in [5.41, 5.74) is 1.62. The molecule has 0 saturated carbocycles. The lowest BCUT2D eigenvalue weighted by molar-refractivity contribution is -0.125. The second kappa shape index (κ2) is 8.03. The number of benzene rings is 1. The first-order chi connectivity index (χ1) is 12.9. The van der Waals surface area contributed by atoms with Gasteiger partial charge in [-0.1, -0.05) is 18.2 Å². The lowest BCUT2D eigenvalue weighted by atomic mass is 9.99. The second-order valence-corrected chi connectivity index (χ2v) is 8.06. The molecule has 2 aromatic rings. The molecule has 1 fully saturated rings. The fourth-order valence-corrected chi connectivity index (χ4v) is 4.25. The van der Waals surface area contributed by atoms with Gasteiger partial charge in [0.25, 0.3) is 10.2 Å². The van der Waals surface area contributed by atoms with Crippen molar-refractivity contribution in [2.45, 2.75) is 25.0 Å². The van der Waals surface area contributed by atoms with Gasteiger partial charge in [0.05, 0.1) is 7.11 Å². The highest BCUT2D eigenvalue weighted by Crippen LogP contribution is 2.28. The number of aromatic nitrogens is 1. The van der Waals surface area contributed by atoms with Crippen LogP contribution < -0.4 is 14.8 Å². The molecule has 1 saturated heterocycles. The van der Waals surface area contributed by atoms with Crippen LogP contribution in [0.4, 0.5) is 0 Å². The Bertz CT molecular complexity index is 887. The Labute approximate surface area is 158 Å². The first-order valence-electron chi connectivity index (χ1n) is 8.46. The lowest BCUT2D eigenvalue weighted by Crippen LogP contribution is -2.57. The number of nitrogens with one attached hydrogen (secondary N) is 2. The molecule has 1 amide bonds. The van der Waals surface area contributed by atoms with Gasteiger partial charge in [0, 0.05) is 32.0 Å². The molecule has 1 aliphatic rings. The first kappa shape index (κ1) is 19.3. The third kappa shape index (κ3) is 4.44. The van der Waals surface area contributed by atoms with Crippen LogP contribution in [0, 0.1) is 0 Å². The molecule has 8 nitrogen and oxygen atoms in total. The summed E-state index contributed by atoms with van der Waals surface area (Å²) in [6.07, 6.45) is 3.63. The Hall–Kier alpha value is -2.49. The van der Waals surface area contributed by atoms with Gasteiger partial charge in [-0.2, -0.15) is 17.4 Å². The van der Waals surface area contributed by atoms with Crippen LogP contribution in [-0.4, -0.2) is 43.8 Å². The summed E-state index contributed by atoms with van der Waals surface area (Å²) < 4.78 is 33.8. The van der Waals surface area contributed by atoms with E-state index >= 15 is 0 Å². The molecule has 2 N–H and O–H groups in total. The summed E-state index contributed by atoms with van der Waals surface area (Å²) in [6, 6.07) is 9.44. The van der Waals surface area contributed by atoms with E-state index in [4.69, 9.17) is 4.74 Å². The molecule has 0 radical (unpaired) electrons. The second-order valence-electron chi connectivity index (χ2n) is 6.30.